The van der Waals surface area contributed by atoms with Gasteiger partial charge in [-0.2, -0.15) is 0 Å². The first-order valence-electron chi connectivity index (χ1n) is 5.79. The molecule has 2 N–H and O–H groups in total. The Bertz CT molecular complexity index is 603. The second kappa shape index (κ2) is 3.05. The third kappa shape index (κ3) is 1.05. The number of benzene rings is 1. The Hall–Kier alpha value is -1.94. The van der Waals surface area contributed by atoms with Crippen LogP contribution in [0, 0.1) is 0 Å². The first-order chi connectivity index (χ1) is 8.38. The van der Waals surface area contributed by atoms with E-state index in [2.05, 4.69) is 47.4 Å². The fourth-order valence-electron chi connectivity index (χ4n) is 2.78. The summed E-state index contributed by atoms with van der Waals surface area (Å²) < 4.78 is 13.1. The minimum atomic E-state index is 0.331. The molecule has 1 aromatic carbocycles. The average molecular weight is 229 g/mol. The molecule has 0 radical (unpaired) electrons. The van der Waals surface area contributed by atoms with Crippen molar-refractivity contribution in [3.63, 3.8) is 0 Å². The van der Waals surface area contributed by atoms with Crippen molar-refractivity contribution in [3.8, 4) is 17.2 Å². The van der Waals surface area contributed by atoms with Crippen molar-refractivity contribution in [1.29, 1.82) is 0 Å². The van der Waals surface area contributed by atoms with Gasteiger partial charge >= 0.3 is 0 Å². The molecule has 17 heavy (non-hydrogen) atoms. The lowest BCUT2D eigenvalue weighted by Gasteiger charge is -2.07. The number of nitrogens with zero attached hydrogens (tertiary/aromatic N) is 1. The van der Waals surface area contributed by atoms with Crippen molar-refractivity contribution < 1.29 is 14.8 Å². The van der Waals surface area contributed by atoms with Gasteiger partial charge in [-0.1, -0.05) is 0 Å². The van der Waals surface area contributed by atoms with E-state index in [-0.39, 0.29) is 0 Å². The van der Waals surface area contributed by atoms with Crippen LogP contribution in [0.5, 0.6) is 11.5 Å². The molecule has 0 saturated heterocycles. The monoisotopic (exact) mass is 229 g/mol. The van der Waals surface area contributed by atoms with Crippen LogP contribution in [-0.4, -0.2) is 18.4 Å². The van der Waals surface area contributed by atoms with Gasteiger partial charge in [-0.25, -0.2) is 0 Å². The zero-order valence-electron chi connectivity index (χ0n) is 9.51. The van der Waals surface area contributed by atoms with Crippen LogP contribution in [0.1, 0.15) is 17.3 Å². The van der Waals surface area contributed by atoms with Crippen molar-refractivity contribution in [1.82, 2.24) is 4.57 Å². The summed E-state index contributed by atoms with van der Waals surface area (Å²) in [5.74, 6) is 1.71. The van der Waals surface area contributed by atoms with Crippen LogP contribution >= 0.6 is 0 Å². The summed E-state index contributed by atoms with van der Waals surface area (Å²) in [5.41, 5.74) is 3.82. The van der Waals surface area contributed by atoms with Crippen LogP contribution in [-0.2, 0) is 0 Å². The Kier molecular flexibility index (Phi) is 1.64. The van der Waals surface area contributed by atoms with E-state index in [0.717, 1.165) is 11.5 Å². The number of ether oxygens (including phenoxy) is 2. The summed E-state index contributed by atoms with van der Waals surface area (Å²) in [5, 5.41) is 2.22. The highest BCUT2D eigenvalue weighted by Crippen LogP contribution is 2.42. The summed E-state index contributed by atoms with van der Waals surface area (Å²) in [4.78, 5) is 0. The Morgan fingerprint density at radius 1 is 1.29 bits per heavy atom. The number of hydrogen-bond acceptors (Lipinski definition) is 2. The van der Waals surface area contributed by atoms with Crippen molar-refractivity contribution in [2.24, 2.45) is 0 Å². The second-order valence-electron chi connectivity index (χ2n) is 4.38. The van der Waals surface area contributed by atoms with Crippen LogP contribution in [0.4, 0.5) is 0 Å². The molecule has 4 rings (SSSR count). The smallest absolute Gasteiger partial charge is 0.231 e. The Morgan fingerprint density at radius 3 is 2.94 bits per heavy atom. The topological polar surface area (TPSA) is 40.0 Å². The van der Waals surface area contributed by atoms with Gasteiger partial charge in [-0.15, -0.1) is 0 Å². The van der Waals surface area contributed by atoms with E-state index >= 15 is 0 Å². The first-order valence-corrected chi connectivity index (χ1v) is 5.79. The predicted molar refractivity (Wildman–Crippen MR) is 61.6 cm³/mol. The Labute approximate surface area is 98.8 Å². The number of quaternary nitrogens is 1. The molecule has 0 saturated carbocycles. The second-order valence-corrected chi connectivity index (χ2v) is 4.38. The number of hydrogen-bond donors (Lipinski definition) is 1. The molecular formula is C13H13N2O2+. The normalized spacial score (nSPS) is 19.2. The zero-order valence-corrected chi connectivity index (χ0v) is 9.51. The van der Waals surface area contributed by atoms with Crippen molar-refractivity contribution in [3.05, 3.63) is 41.7 Å². The minimum absolute atomic E-state index is 0.331. The quantitative estimate of drug-likeness (QED) is 0.785. The third-order valence-corrected chi connectivity index (χ3v) is 3.55. The fourth-order valence-corrected chi connectivity index (χ4v) is 2.78. The molecule has 4 nitrogen and oxygen atoms in total. The molecule has 0 aliphatic carbocycles. The Balaban J connectivity index is 1.99. The highest BCUT2D eigenvalue weighted by atomic mass is 16.7. The van der Waals surface area contributed by atoms with Crippen LogP contribution in [0.3, 0.4) is 0 Å². The van der Waals surface area contributed by atoms with Gasteiger partial charge in [0.2, 0.25) is 6.79 Å². The molecule has 4 heteroatoms. The molecule has 1 unspecified atom stereocenters. The lowest BCUT2D eigenvalue weighted by Crippen LogP contribution is -2.80. The fraction of sp³-hybridized carbons (Fsp3) is 0.231. The maximum absolute atomic E-state index is 5.45. The largest absolute Gasteiger partial charge is 0.454 e. The number of aromatic nitrogens is 1. The van der Waals surface area contributed by atoms with Gasteiger partial charge in [0.15, 0.2) is 17.5 Å². The molecule has 0 bridgehead atoms. The molecule has 2 aliphatic rings. The van der Waals surface area contributed by atoms with E-state index in [9.17, 15) is 0 Å². The van der Waals surface area contributed by atoms with E-state index in [1.54, 1.807) is 0 Å². The maximum atomic E-state index is 5.45. The average Bonchev–Trinajstić information content (AvgIpc) is 3.00. The van der Waals surface area contributed by atoms with Crippen molar-refractivity contribution in [2.45, 2.75) is 6.04 Å². The lowest BCUT2D eigenvalue weighted by molar-refractivity contribution is -0.660. The van der Waals surface area contributed by atoms with Crippen LogP contribution in [0.15, 0.2) is 30.5 Å². The summed E-state index contributed by atoms with van der Waals surface area (Å²) in [6, 6.07) is 8.78. The number of nitrogens with two attached hydrogens (primary N) is 1. The molecule has 3 heterocycles. The van der Waals surface area contributed by atoms with Gasteiger partial charge in [0.1, 0.15) is 0 Å². The maximum Gasteiger partial charge on any atom is 0.231 e. The SMILES string of the molecule is C[NH2+]C1c2cc3c(cc2-n2cccc21)OCO3. The number of rotatable bonds is 1. The zero-order chi connectivity index (χ0) is 11.4. The third-order valence-electron chi connectivity index (χ3n) is 3.55. The van der Waals surface area contributed by atoms with E-state index in [1.165, 1.54) is 16.9 Å². The van der Waals surface area contributed by atoms with Gasteiger partial charge < -0.3 is 19.4 Å². The van der Waals surface area contributed by atoms with E-state index in [1.807, 2.05) is 0 Å². The Morgan fingerprint density at radius 2 is 2.12 bits per heavy atom. The summed E-state index contributed by atoms with van der Waals surface area (Å²) >= 11 is 0. The van der Waals surface area contributed by atoms with Gasteiger partial charge in [0, 0.05) is 17.8 Å². The van der Waals surface area contributed by atoms with Crippen LogP contribution in [0.25, 0.3) is 5.69 Å². The minimum Gasteiger partial charge on any atom is -0.454 e. The molecule has 0 fully saturated rings. The highest BCUT2D eigenvalue weighted by molar-refractivity contribution is 5.61. The summed E-state index contributed by atoms with van der Waals surface area (Å²) in [6.45, 7) is 0.331. The van der Waals surface area contributed by atoms with Crippen LogP contribution in [0.2, 0.25) is 0 Å². The van der Waals surface area contributed by atoms with Gasteiger partial charge in [0.25, 0.3) is 0 Å². The van der Waals surface area contributed by atoms with Crippen molar-refractivity contribution >= 4 is 0 Å². The van der Waals surface area contributed by atoms with E-state index in [4.69, 9.17) is 9.47 Å². The molecule has 2 aliphatic heterocycles. The first kappa shape index (κ1) is 9.13. The molecule has 1 atom stereocenters. The molecular weight excluding hydrogens is 216 g/mol. The molecule has 2 aromatic rings. The van der Waals surface area contributed by atoms with Crippen LogP contribution < -0.4 is 14.8 Å². The molecule has 0 spiro atoms. The summed E-state index contributed by atoms with van der Waals surface area (Å²) in [7, 11) is 2.10. The lowest BCUT2D eigenvalue weighted by atomic mass is 10.1. The summed E-state index contributed by atoms with van der Waals surface area (Å²) in [6.07, 6.45) is 2.10. The van der Waals surface area contributed by atoms with E-state index in [0.29, 0.717) is 12.8 Å². The number of fused-ring (bicyclic) bond motifs is 4. The molecule has 1 aromatic heterocycles. The predicted octanol–water partition coefficient (Wildman–Crippen LogP) is 0.802. The molecule has 86 valence electrons. The van der Waals surface area contributed by atoms with Gasteiger partial charge in [-0.3, -0.25) is 0 Å². The molecule has 0 amide bonds. The van der Waals surface area contributed by atoms with Gasteiger partial charge in [0.05, 0.1) is 18.4 Å². The van der Waals surface area contributed by atoms with Gasteiger partial charge in [-0.05, 0) is 18.2 Å². The van der Waals surface area contributed by atoms with Crippen molar-refractivity contribution in [2.75, 3.05) is 13.8 Å². The van der Waals surface area contributed by atoms with E-state index < -0.39 is 0 Å². The highest BCUT2D eigenvalue weighted by Gasteiger charge is 2.33. The standard InChI is InChI=1S/C13H12N2O2/c1-14-13-8-5-11-12(17-7-16-11)6-10(8)15-4-2-3-9(13)15/h2-6,13-14H,7H2,1H3/p+1.